The minimum absolute atomic E-state index is 0.000849. The van der Waals surface area contributed by atoms with Crippen molar-refractivity contribution in [3.8, 4) is 5.88 Å². The van der Waals surface area contributed by atoms with Gasteiger partial charge in [0.25, 0.3) is 5.88 Å². The summed E-state index contributed by atoms with van der Waals surface area (Å²) in [4.78, 5) is 3.80. The summed E-state index contributed by atoms with van der Waals surface area (Å²) in [6, 6.07) is 0.803. The highest BCUT2D eigenvalue weighted by Crippen LogP contribution is 2.26. The van der Waals surface area contributed by atoms with Crippen LogP contribution >= 0.6 is 0 Å². The van der Waals surface area contributed by atoms with Crippen molar-refractivity contribution in [3.63, 3.8) is 0 Å². The van der Waals surface area contributed by atoms with Crippen LogP contribution in [0.3, 0.4) is 0 Å². The molecule has 0 bridgehead atoms. The molecule has 94 valence electrons. The summed E-state index contributed by atoms with van der Waals surface area (Å²) in [6.45, 7) is 0. The Balaban J connectivity index is 2.13. The first-order chi connectivity index (χ1) is 8.20. The molecule has 1 fully saturated rings. The molecule has 0 saturated heterocycles. The van der Waals surface area contributed by atoms with Gasteiger partial charge in [-0.05, 0) is 25.7 Å². The molecule has 1 heterocycles. The van der Waals surface area contributed by atoms with Crippen molar-refractivity contribution in [3.05, 3.63) is 17.7 Å². The summed E-state index contributed by atoms with van der Waals surface area (Å²) >= 11 is 0. The molecule has 2 rings (SSSR count). The quantitative estimate of drug-likeness (QED) is 0.884. The summed E-state index contributed by atoms with van der Waals surface area (Å²) in [5, 5.41) is 2.57. The number of halogens is 2. The average molecular weight is 242 g/mol. The number of pyridine rings is 1. The van der Waals surface area contributed by atoms with Crippen molar-refractivity contribution in [2.45, 2.75) is 38.2 Å². The molecule has 1 aliphatic carbocycles. The first-order valence-corrected chi connectivity index (χ1v) is 5.91. The second-order valence-corrected chi connectivity index (χ2v) is 4.23. The van der Waals surface area contributed by atoms with E-state index in [-0.39, 0.29) is 17.8 Å². The van der Waals surface area contributed by atoms with Gasteiger partial charge < -0.3 is 10.1 Å². The molecule has 0 aliphatic heterocycles. The maximum atomic E-state index is 13.5. The van der Waals surface area contributed by atoms with E-state index in [4.69, 9.17) is 4.74 Å². The molecule has 0 aromatic carbocycles. The van der Waals surface area contributed by atoms with E-state index < -0.39 is 11.6 Å². The monoisotopic (exact) mass is 242 g/mol. The number of ether oxygens (including phenoxy) is 1. The van der Waals surface area contributed by atoms with Gasteiger partial charge in [0, 0.05) is 13.1 Å². The van der Waals surface area contributed by atoms with Crippen LogP contribution in [0, 0.1) is 11.6 Å². The smallest absolute Gasteiger partial charge is 0.252 e. The highest BCUT2D eigenvalue weighted by atomic mass is 19.1. The Labute approximate surface area is 99.2 Å². The van der Waals surface area contributed by atoms with Crippen LogP contribution < -0.4 is 10.1 Å². The van der Waals surface area contributed by atoms with Crippen molar-refractivity contribution in [2.24, 2.45) is 0 Å². The highest BCUT2D eigenvalue weighted by molar-refractivity contribution is 5.38. The largest absolute Gasteiger partial charge is 0.472 e. The van der Waals surface area contributed by atoms with E-state index in [0.29, 0.717) is 0 Å². The molecule has 0 amide bonds. The molecule has 1 saturated carbocycles. The van der Waals surface area contributed by atoms with Gasteiger partial charge in [0.15, 0.2) is 17.5 Å². The maximum absolute atomic E-state index is 13.5. The molecule has 1 aromatic rings. The predicted octanol–water partition coefficient (Wildman–Crippen LogP) is 3.11. The van der Waals surface area contributed by atoms with E-state index >= 15 is 0 Å². The fraction of sp³-hybridized carbons (Fsp3) is 0.583. The van der Waals surface area contributed by atoms with Gasteiger partial charge in [-0.2, -0.15) is 4.98 Å². The third-order valence-electron chi connectivity index (χ3n) is 2.96. The highest BCUT2D eigenvalue weighted by Gasteiger charge is 2.19. The standard InChI is InChI=1S/C12H16F2N2O/c1-15-11-9(13)7-10(14)12(16-11)17-8-5-3-2-4-6-8/h7-8H,2-6H2,1H3,(H,15,16). The number of anilines is 1. The third-order valence-corrected chi connectivity index (χ3v) is 2.96. The van der Waals surface area contributed by atoms with E-state index in [1.807, 2.05) is 0 Å². The molecule has 1 aromatic heterocycles. The van der Waals surface area contributed by atoms with Gasteiger partial charge in [0.2, 0.25) is 0 Å². The van der Waals surface area contributed by atoms with E-state index in [2.05, 4.69) is 10.3 Å². The van der Waals surface area contributed by atoms with Crippen LogP contribution in [0.15, 0.2) is 6.07 Å². The molecule has 0 spiro atoms. The summed E-state index contributed by atoms with van der Waals surface area (Å²) in [5.74, 6) is -1.55. The van der Waals surface area contributed by atoms with Gasteiger partial charge in [-0.1, -0.05) is 6.42 Å². The van der Waals surface area contributed by atoms with Crippen LogP contribution in [0.2, 0.25) is 0 Å². The molecule has 5 heteroatoms. The molecule has 0 atom stereocenters. The molecular weight excluding hydrogens is 226 g/mol. The maximum Gasteiger partial charge on any atom is 0.252 e. The van der Waals surface area contributed by atoms with Gasteiger partial charge in [-0.25, -0.2) is 8.78 Å². The van der Waals surface area contributed by atoms with Crippen LogP contribution in [-0.2, 0) is 0 Å². The lowest BCUT2D eigenvalue weighted by Gasteiger charge is -2.22. The normalized spacial score (nSPS) is 16.9. The van der Waals surface area contributed by atoms with Crippen molar-refractivity contribution in [2.75, 3.05) is 12.4 Å². The second-order valence-electron chi connectivity index (χ2n) is 4.23. The first kappa shape index (κ1) is 12.1. The minimum atomic E-state index is -0.743. The van der Waals surface area contributed by atoms with Gasteiger partial charge in [0.05, 0.1) is 0 Å². The zero-order chi connectivity index (χ0) is 12.3. The Morgan fingerprint density at radius 2 is 1.94 bits per heavy atom. The lowest BCUT2D eigenvalue weighted by Crippen LogP contribution is -2.21. The van der Waals surface area contributed by atoms with E-state index in [1.54, 1.807) is 0 Å². The number of rotatable bonds is 3. The molecule has 1 N–H and O–H groups in total. The Bertz CT molecular complexity index is 392. The topological polar surface area (TPSA) is 34.2 Å². The van der Waals surface area contributed by atoms with Crippen LogP contribution in [0.4, 0.5) is 14.6 Å². The van der Waals surface area contributed by atoms with E-state index in [9.17, 15) is 8.78 Å². The number of nitrogens with zero attached hydrogens (tertiary/aromatic N) is 1. The van der Waals surface area contributed by atoms with E-state index in [0.717, 1.165) is 31.7 Å². The molecular formula is C12H16F2N2O. The first-order valence-electron chi connectivity index (χ1n) is 5.91. The number of hydrogen-bond acceptors (Lipinski definition) is 3. The van der Waals surface area contributed by atoms with Gasteiger partial charge in [-0.3, -0.25) is 0 Å². The van der Waals surface area contributed by atoms with Crippen LogP contribution in [0.5, 0.6) is 5.88 Å². The Morgan fingerprint density at radius 3 is 2.59 bits per heavy atom. The molecule has 0 radical (unpaired) electrons. The Kier molecular flexibility index (Phi) is 3.76. The fourth-order valence-electron chi connectivity index (χ4n) is 2.05. The molecule has 3 nitrogen and oxygen atoms in total. The third kappa shape index (κ3) is 2.84. The summed E-state index contributed by atoms with van der Waals surface area (Å²) < 4.78 is 32.1. The van der Waals surface area contributed by atoms with Crippen LogP contribution in [-0.4, -0.2) is 18.1 Å². The van der Waals surface area contributed by atoms with Crippen molar-refractivity contribution >= 4 is 5.82 Å². The number of nitrogens with one attached hydrogen (secondary N) is 1. The molecule has 1 aliphatic rings. The van der Waals surface area contributed by atoms with Gasteiger partial charge in [-0.15, -0.1) is 0 Å². The zero-order valence-corrected chi connectivity index (χ0v) is 9.80. The lowest BCUT2D eigenvalue weighted by molar-refractivity contribution is 0.142. The molecule has 0 unspecified atom stereocenters. The summed E-state index contributed by atoms with van der Waals surface area (Å²) in [6.07, 6.45) is 5.20. The zero-order valence-electron chi connectivity index (χ0n) is 9.80. The molecule has 17 heavy (non-hydrogen) atoms. The summed E-state index contributed by atoms with van der Waals surface area (Å²) in [5.41, 5.74) is 0. The van der Waals surface area contributed by atoms with Crippen molar-refractivity contribution in [1.29, 1.82) is 0 Å². The predicted molar refractivity (Wildman–Crippen MR) is 61.2 cm³/mol. The van der Waals surface area contributed by atoms with Crippen LogP contribution in [0.25, 0.3) is 0 Å². The average Bonchev–Trinajstić information content (AvgIpc) is 2.34. The fourth-order valence-corrected chi connectivity index (χ4v) is 2.05. The SMILES string of the molecule is CNc1nc(OC2CCCCC2)c(F)cc1F. The second kappa shape index (κ2) is 5.29. The lowest BCUT2D eigenvalue weighted by atomic mass is 9.98. The summed E-state index contributed by atoms with van der Waals surface area (Å²) in [7, 11) is 1.54. The van der Waals surface area contributed by atoms with Gasteiger partial charge in [0.1, 0.15) is 6.10 Å². The van der Waals surface area contributed by atoms with Crippen molar-refractivity contribution < 1.29 is 13.5 Å². The number of hydrogen-bond donors (Lipinski definition) is 1. The Hall–Kier alpha value is -1.39. The minimum Gasteiger partial charge on any atom is -0.472 e. The van der Waals surface area contributed by atoms with Crippen molar-refractivity contribution in [1.82, 2.24) is 4.98 Å². The number of aromatic nitrogens is 1. The van der Waals surface area contributed by atoms with E-state index in [1.165, 1.54) is 13.5 Å². The van der Waals surface area contributed by atoms with Crippen LogP contribution in [0.1, 0.15) is 32.1 Å². The Morgan fingerprint density at radius 1 is 1.24 bits per heavy atom. The van der Waals surface area contributed by atoms with Gasteiger partial charge >= 0.3 is 0 Å².